The molecule has 0 saturated heterocycles. The third-order valence-electron chi connectivity index (χ3n) is 3.75. The molecule has 0 unspecified atom stereocenters. The number of aryl methyl sites for hydroxylation is 1. The molecule has 0 aliphatic carbocycles. The molecule has 2 aromatic rings. The Morgan fingerprint density at radius 2 is 2.08 bits per heavy atom. The molecule has 0 saturated carbocycles. The Bertz CT molecular complexity index is 756. The molecule has 25 heavy (non-hydrogen) atoms. The van der Waals surface area contributed by atoms with Crippen molar-refractivity contribution in [3.05, 3.63) is 35.7 Å². The standard InChI is InChI=1S/C17H24FN3O3Si/c1-5-12-8-13(15(18)9-19-12)14-10-21(20-16(14)17(22)23)11-24-6-7-25(2,3)4/h8-10H,5-7,11H2,1-4H3,(H,22,23). The van der Waals surface area contributed by atoms with Crippen LogP contribution in [0.4, 0.5) is 4.39 Å². The van der Waals surface area contributed by atoms with Crippen LogP contribution < -0.4 is 0 Å². The summed E-state index contributed by atoms with van der Waals surface area (Å²) in [5.74, 6) is -1.77. The smallest absolute Gasteiger partial charge is 0.357 e. The van der Waals surface area contributed by atoms with Gasteiger partial charge in [0.2, 0.25) is 0 Å². The van der Waals surface area contributed by atoms with Crippen LogP contribution in [0.15, 0.2) is 18.5 Å². The molecule has 0 aromatic carbocycles. The summed E-state index contributed by atoms with van der Waals surface area (Å²) in [6.45, 7) is 9.39. The molecule has 0 aliphatic heterocycles. The van der Waals surface area contributed by atoms with Crippen molar-refractivity contribution in [1.82, 2.24) is 14.8 Å². The first kappa shape index (κ1) is 19.3. The monoisotopic (exact) mass is 365 g/mol. The van der Waals surface area contributed by atoms with Crippen LogP contribution in [0.3, 0.4) is 0 Å². The van der Waals surface area contributed by atoms with E-state index in [-0.39, 0.29) is 23.6 Å². The van der Waals surface area contributed by atoms with Crippen LogP contribution in [0.25, 0.3) is 11.1 Å². The van der Waals surface area contributed by atoms with Crippen molar-refractivity contribution in [1.29, 1.82) is 0 Å². The molecule has 8 heteroatoms. The zero-order valence-electron chi connectivity index (χ0n) is 15.0. The molecule has 0 amide bonds. The van der Waals surface area contributed by atoms with E-state index in [1.807, 2.05) is 6.92 Å². The first-order chi connectivity index (χ1) is 11.7. The summed E-state index contributed by atoms with van der Waals surface area (Å²) in [4.78, 5) is 15.5. The number of nitrogens with zero attached hydrogens (tertiary/aromatic N) is 3. The maximum atomic E-state index is 14.2. The van der Waals surface area contributed by atoms with E-state index < -0.39 is 19.9 Å². The number of hydrogen-bond donors (Lipinski definition) is 1. The van der Waals surface area contributed by atoms with E-state index in [0.29, 0.717) is 18.7 Å². The largest absolute Gasteiger partial charge is 0.476 e. The number of pyridine rings is 1. The molecule has 136 valence electrons. The van der Waals surface area contributed by atoms with Crippen molar-refractivity contribution in [3.8, 4) is 11.1 Å². The number of carboxylic acids is 1. The van der Waals surface area contributed by atoms with Crippen molar-refractivity contribution < 1.29 is 19.0 Å². The van der Waals surface area contributed by atoms with Crippen molar-refractivity contribution >= 4 is 14.0 Å². The highest BCUT2D eigenvalue weighted by Gasteiger charge is 2.21. The van der Waals surface area contributed by atoms with Gasteiger partial charge in [0.05, 0.1) is 6.20 Å². The lowest BCUT2D eigenvalue weighted by Gasteiger charge is -2.15. The fourth-order valence-electron chi connectivity index (χ4n) is 2.26. The molecule has 2 aromatic heterocycles. The average Bonchev–Trinajstić information content (AvgIpc) is 2.95. The van der Waals surface area contributed by atoms with E-state index in [2.05, 4.69) is 29.7 Å². The molecular formula is C17H24FN3O3Si. The van der Waals surface area contributed by atoms with Gasteiger partial charge in [0.25, 0.3) is 0 Å². The normalized spacial score (nSPS) is 11.7. The van der Waals surface area contributed by atoms with E-state index in [0.717, 1.165) is 12.2 Å². The van der Waals surface area contributed by atoms with Gasteiger partial charge >= 0.3 is 5.97 Å². The van der Waals surface area contributed by atoms with Crippen molar-refractivity contribution in [2.75, 3.05) is 6.61 Å². The number of carbonyl (C=O) groups is 1. The lowest BCUT2D eigenvalue weighted by molar-refractivity contribution is 0.0672. The lowest BCUT2D eigenvalue weighted by Crippen LogP contribution is -2.22. The van der Waals surface area contributed by atoms with Crippen molar-refractivity contribution in [3.63, 3.8) is 0 Å². The van der Waals surface area contributed by atoms with Gasteiger partial charge in [-0.05, 0) is 18.5 Å². The molecule has 0 radical (unpaired) electrons. The van der Waals surface area contributed by atoms with Crippen LogP contribution in [0.2, 0.25) is 25.7 Å². The van der Waals surface area contributed by atoms with Crippen molar-refractivity contribution in [2.45, 2.75) is 45.8 Å². The van der Waals surface area contributed by atoms with E-state index in [4.69, 9.17) is 4.74 Å². The van der Waals surface area contributed by atoms with Gasteiger partial charge in [0, 0.05) is 37.7 Å². The molecule has 0 aliphatic rings. The number of rotatable bonds is 8. The van der Waals surface area contributed by atoms with Gasteiger partial charge in [-0.15, -0.1) is 0 Å². The Labute approximate surface area is 147 Å². The Morgan fingerprint density at radius 3 is 2.68 bits per heavy atom. The minimum Gasteiger partial charge on any atom is -0.476 e. The fraction of sp³-hybridized carbons (Fsp3) is 0.471. The van der Waals surface area contributed by atoms with Gasteiger partial charge in [0.1, 0.15) is 12.5 Å². The maximum Gasteiger partial charge on any atom is 0.357 e. The van der Waals surface area contributed by atoms with E-state index >= 15 is 0 Å². The minimum atomic E-state index is -1.20. The number of hydrogen-bond acceptors (Lipinski definition) is 4. The second-order valence-corrected chi connectivity index (χ2v) is 12.7. The average molecular weight is 365 g/mol. The predicted octanol–water partition coefficient (Wildman–Crippen LogP) is 3.66. The number of aromatic nitrogens is 3. The zero-order chi connectivity index (χ0) is 18.6. The number of carboxylic acid groups (broad SMARTS) is 1. The van der Waals surface area contributed by atoms with Gasteiger partial charge in [-0.25, -0.2) is 13.9 Å². The minimum absolute atomic E-state index is 0.137. The molecule has 0 atom stereocenters. The molecule has 0 spiro atoms. The van der Waals surface area contributed by atoms with Crippen LogP contribution in [-0.2, 0) is 17.9 Å². The maximum absolute atomic E-state index is 14.2. The molecule has 2 heterocycles. The number of aromatic carboxylic acids is 1. The zero-order valence-corrected chi connectivity index (χ0v) is 16.0. The summed E-state index contributed by atoms with van der Waals surface area (Å²) in [6, 6.07) is 2.57. The summed E-state index contributed by atoms with van der Waals surface area (Å²) in [7, 11) is -1.19. The molecule has 1 N–H and O–H groups in total. The Kier molecular flexibility index (Phi) is 6.07. The first-order valence-electron chi connectivity index (χ1n) is 8.24. The third-order valence-corrected chi connectivity index (χ3v) is 5.45. The van der Waals surface area contributed by atoms with Crippen LogP contribution in [0.1, 0.15) is 23.1 Å². The highest BCUT2D eigenvalue weighted by Crippen LogP contribution is 2.26. The SMILES string of the molecule is CCc1cc(-c2cn(COCC[Si](C)(C)C)nc2C(=O)O)c(F)cn1. The molecular weight excluding hydrogens is 341 g/mol. The van der Waals surface area contributed by atoms with Gasteiger partial charge in [-0.2, -0.15) is 5.10 Å². The first-order valence-corrected chi connectivity index (χ1v) is 11.9. The van der Waals surface area contributed by atoms with Crippen LogP contribution in [0.5, 0.6) is 0 Å². The second-order valence-electron chi connectivity index (χ2n) is 7.09. The summed E-state index contributed by atoms with van der Waals surface area (Å²) in [5.41, 5.74) is 0.918. The number of ether oxygens (including phenoxy) is 1. The van der Waals surface area contributed by atoms with E-state index in [1.54, 1.807) is 6.07 Å². The summed E-state index contributed by atoms with van der Waals surface area (Å²) in [5, 5.41) is 13.4. The second kappa shape index (κ2) is 7.88. The number of halogens is 1. The summed E-state index contributed by atoms with van der Waals surface area (Å²) in [6.07, 6.45) is 3.25. The Morgan fingerprint density at radius 1 is 1.36 bits per heavy atom. The molecule has 0 bridgehead atoms. The Balaban J connectivity index is 2.24. The Hall–Kier alpha value is -2.06. The molecule has 2 rings (SSSR count). The lowest BCUT2D eigenvalue weighted by atomic mass is 10.1. The van der Waals surface area contributed by atoms with Gasteiger partial charge in [-0.3, -0.25) is 4.98 Å². The summed E-state index contributed by atoms with van der Waals surface area (Å²) < 4.78 is 21.2. The quantitative estimate of drug-likeness (QED) is 0.571. The highest BCUT2D eigenvalue weighted by molar-refractivity contribution is 6.76. The third kappa shape index (κ3) is 5.20. The predicted molar refractivity (Wildman–Crippen MR) is 95.9 cm³/mol. The molecule has 6 nitrogen and oxygen atoms in total. The summed E-state index contributed by atoms with van der Waals surface area (Å²) >= 11 is 0. The van der Waals surface area contributed by atoms with Gasteiger partial charge < -0.3 is 9.84 Å². The van der Waals surface area contributed by atoms with Crippen LogP contribution in [-0.4, -0.2) is 40.5 Å². The van der Waals surface area contributed by atoms with E-state index in [9.17, 15) is 14.3 Å². The van der Waals surface area contributed by atoms with Crippen LogP contribution in [0, 0.1) is 5.82 Å². The fourth-order valence-corrected chi connectivity index (χ4v) is 3.02. The van der Waals surface area contributed by atoms with Gasteiger partial charge in [0.15, 0.2) is 5.69 Å². The topological polar surface area (TPSA) is 77.2 Å². The van der Waals surface area contributed by atoms with Gasteiger partial charge in [-0.1, -0.05) is 26.6 Å². The molecule has 0 fully saturated rings. The van der Waals surface area contributed by atoms with Crippen molar-refractivity contribution in [2.24, 2.45) is 0 Å². The highest BCUT2D eigenvalue weighted by atomic mass is 28.3. The van der Waals surface area contributed by atoms with E-state index in [1.165, 1.54) is 10.9 Å². The van der Waals surface area contributed by atoms with Crippen LogP contribution >= 0.6 is 0 Å².